The Morgan fingerprint density at radius 1 is 1.18 bits per heavy atom. The molecule has 2 saturated heterocycles. The highest BCUT2D eigenvalue weighted by Crippen LogP contribution is 2.42. The van der Waals surface area contributed by atoms with Crippen molar-refractivity contribution in [2.75, 3.05) is 54.6 Å². The number of amides is 1. The van der Waals surface area contributed by atoms with E-state index in [1.54, 1.807) is 39.3 Å². The van der Waals surface area contributed by atoms with Crippen molar-refractivity contribution in [1.29, 1.82) is 0 Å². The van der Waals surface area contributed by atoms with Gasteiger partial charge in [-0.1, -0.05) is 18.2 Å². The first-order chi connectivity index (χ1) is 20.9. The molecule has 3 aromatic rings. The number of hydrogen-bond acceptors (Lipinski definition) is 10. The minimum absolute atomic E-state index is 0.0931. The fourth-order valence-electron chi connectivity index (χ4n) is 5.38. The highest BCUT2D eigenvalue weighted by molar-refractivity contribution is 6.31. The Labute approximate surface area is 259 Å². The molecule has 3 heterocycles. The molecule has 0 aliphatic carbocycles. The van der Waals surface area contributed by atoms with Crippen molar-refractivity contribution in [2.24, 2.45) is 5.92 Å². The molecule has 44 heavy (non-hydrogen) atoms. The lowest BCUT2D eigenvalue weighted by Gasteiger charge is -2.40. The Kier molecular flexibility index (Phi) is 9.92. The van der Waals surface area contributed by atoms with Crippen LogP contribution in [0, 0.1) is 11.7 Å². The van der Waals surface area contributed by atoms with Gasteiger partial charge in [0, 0.05) is 55.1 Å². The molecule has 14 heteroatoms. The zero-order chi connectivity index (χ0) is 32.2. The largest absolute Gasteiger partial charge is 0.494 e. The molecule has 12 nitrogen and oxygen atoms in total. The van der Waals surface area contributed by atoms with E-state index in [0.29, 0.717) is 46.2 Å². The van der Waals surface area contributed by atoms with Crippen molar-refractivity contribution in [3.05, 3.63) is 65.6 Å². The minimum atomic E-state index is -1.34. The number of halogens is 2. The molecule has 2 atom stereocenters. The Balaban J connectivity index is 0.00000141. The molecule has 2 aliphatic heterocycles. The lowest BCUT2D eigenvalue weighted by atomic mass is 9.93. The van der Waals surface area contributed by atoms with Gasteiger partial charge in [-0.2, -0.15) is 4.98 Å². The number of fused-ring (bicyclic) bond motifs is 1. The monoisotopic (exact) mass is 627 g/mol. The first kappa shape index (κ1) is 32.5. The third kappa shape index (κ3) is 7.18. The summed E-state index contributed by atoms with van der Waals surface area (Å²) in [7, 11) is 3.70. The Morgan fingerprint density at radius 3 is 2.52 bits per heavy atom. The summed E-state index contributed by atoms with van der Waals surface area (Å²) in [6, 6.07) is 8.39. The summed E-state index contributed by atoms with van der Waals surface area (Å²) >= 11 is 6.02. The highest BCUT2D eigenvalue weighted by Gasteiger charge is 2.44. The van der Waals surface area contributed by atoms with Crippen molar-refractivity contribution in [2.45, 2.75) is 25.5 Å². The van der Waals surface area contributed by atoms with Crippen molar-refractivity contribution in [3.8, 4) is 5.75 Å². The third-order valence-corrected chi connectivity index (χ3v) is 7.77. The lowest BCUT2D eigenvalue weighted by Crippen LogP contribution is -2.52. The lowest BCUT2D eigenvalue weighted by molar-refractivity contribution is -0.122. The summed E-state index contributed by atoms with van der Waals surface area (Å²) < 4.78 is 19.9. The summed E-state index contributed by atoms with van der Waals surface area (Å²) in [6.07, 6.45) is 2.77. The summed E-state index contributed by atoms with van der Waals surface area (Å²) in [5.74, 6) is 0.778. The van der Waals surface area contributed by atoms with Crippen LogP contribution in [0.1, 0.15) is 19.4 Å². The quantitative estimate of drug-likeness (QED) is 0.168. The number of ether oxygens (including phenoxy) is 1. The Bertz CT molecular complexity index is 1550. The molecule has 234 valence electrons. The van der Waals surface area contributed by atoms with Crippen LogP contribution in [0.5, 0.6) is 5.75 Å². The average molecular weight is 628 g/mol. The van der Waals surface area contributed by atoms with Crippen LogP contribution >= 0.6 is 11.6 Å². The molecule has 2 aliphatic rings. The van der Waals surface area contributed by atoms with E-state index in [-0.39, 0.29) is 23.4 Å². The normalized spacial score (nSPS) is 17.4. The van der Waals surface area contributed by atoms with Crippen molar-refractivity contribution in [1.82, 2.24) is 14.9 Å². The molecule has 5 N–H and O–H groups in total. The Morgan fingerprint density at radius 2 is 1.91 bits per heavy atom. The zero-order valence-corrected chi connectivity index (χ0v) is 25.5. The molecule has 2 aromatic carbocycles. The second kappa shape index (κ2) is 13.5. The van der Waals surface area contributed by atoms with E-state index in [4.69, 9.17) is 26.2 Å². The smallest absolute Gasteiger partial charge is 0.290 e. The van der Waals surface area contributed by atoms with Crippen LogP contribution in [-0.4, -0.2) is 77.3 Å². The van der Waals surface area contributed by atoms with Gasteiger partial charge in [-0.25, -0.2) is 9.37 Å². The third-order valence-electron chi connectivity index (χ3n) is 7.48. The maximum absolute atomic E-state index is 14.2. The SMILES string of the molecule is C=CC(=O)Nc1cc(Nc2nccc(Nc3cc(Cl)c(F)cc3C(C)(C)O)n2)c(OC)cc1N1C[C@H]2CN(C)[C@H]2C1.O=CO. The number of hydrogen-bond donors (Lipinski definition) is 5. The summed E-state index contributed by atoms with van der Waals surface area (Å²) in [4.78, 5) is 34.2. The molecule has 0 bridgehead atoms. The second-order valence-corrected chi connectivity index (χ2v) is 11.3. The highest BCUT2D eigenvalue weighted by atomic mass is 35.5. The number of methoxy groups -OCH3 is 1. The topological polar surface area (TPSA) is 152 Å². The zero-order valence-electron chi connectivity index (χ0n) is 24.8. The molecule has 1 aromatic heterocycles. The van der Waals surface area contributed by atoms with E-state index >= 15 is 0 Å². The number of likely N-dealkylation sites (N-methyl/N-ethyl adjacent to an activating group) is 1. The van der Waals surface area contributed by atoms with Crippen LogP contribution in [0.4, 0.5) is 38.9 Å². The van der Waals surface area contributed by atoms with Crippen LogP contribution in [0.15, 0.2) is 49.2 Å². The van der Waals surface area contributed by atoms with Crippen LogP contribution in [0.2, 0.25) is 5.02 Å². The van der Waals surface area contributed by atoms with Crippen LogP contribution < -0.4 is 25.6 Å². The molecular formula is C30H35ClFN7O5. The first-order valence-corrected chi connectivity index (χ1v) is 14.0. The van der Waals surface area contributed by atoms with Crippen LogP contribution in [0.25, 0.3) is 0 Å². The molecule has 0 spiro atoms. The number of nitrogens with one attached hydrogen (secondary N) is 3. The fraction of sp³-hybridized carbons (Fsp3) is 0.333. The summed E-state index contributed by atoms with van der Waals surface area (Å²) in [6.45, 7) is 9.23. The van der Waals surface area contributed by atoms with E-state index in [1.807, 2.05) is 6.07 Å². The molecule has 1 amide bonds. The van der Waals surface area contributed by atoms with Gasteiger partial charge in [-0.15, -0.1) is 0 Å². The van der Waals surface area contributed by atoms with E-state index in [9.17, 15) is 14.3 Å². The van der Waals surface area contributed by atoms with Crippen molar-refractivity contribution < 1.29 is 28.9 Å². The van der Waals surface area contributed by atoms with Gasteiger partial charge in [0.25, 0.3) is 6.47 Å². The van der Waals surface area contributed by atoms with E-state index in [0.717, 1.165) is 25.3 Å². The second-order valence-electron chi connectivity index (χ2n) is 10.9. The maximum Gasteiger partial charge on any atom is 0.290 e. The number of nitrogens with zero attached hydrogens (tertiary/aromatic N) is 4. The maximum atomic E-state index is 14.2. The Hall–Kier alpha value is -4.46. The predicted octanol–water partition coefficient (Wildman–Crippen LogP) is 4.57. The van der Waals surface area contributed by atoms with E-state index in [1.165, 1.54) is 18.2 Å². The van der Waals surface area contributed by atoms with Gasteiger partial charge in [0.2, 0.25) is 11.9 Å². The molecule has 0 radical (unpaired) electrons. The molecule has 0 unspecified atom stereocenters. The van der Waals surface area contributed by atoms with Crippen LogP contribution in [0.3, 0.4) is 0 Å². The molecular weight excluding hydrogens is 593 g/mol. The number of aromatic nitrogens is 2. The molecule has 5 rings (SSSR count). The number of likely N-dealkylation sites (tertiary alicyclic amines) is 1. The van der Waals surface area contributed by atoms with Crippen molar-refractivity contribution in [3.63, 3.8) is 0 Å². The van der Waals surface area contributed by atoms with Gasteiger partial charge >= 0.3 is 0 Å². The number of carbonyl (C=O) groups excluding carboxylic acids is 1. The van der Waals surface area contributed by atoms with Gasteiger partial charge < -0.3 is 40.7 Å². The van der Waals surface area contributed by atoms with Crippen LogP contribution in [-0.2, 0) is 15.2 Å². The van der Waals surface area contributed by atoms with Gasteiger partial charge in [-0.05, 0) is 51.2 Å². The van der Waals surface area contributed by atoms with Crippen molar-refractivity contribution >= 4 is 58.5 Å². The predicted molar refractivity (Wildman–Crippen MR) is 168 cm³/mol. The van der Waals surface area contributed by atoms with Gasteiger partial charge in [0.1, 0.15) is 17.4 Å². The number of carbonyl (C=O) groups is 2. The average Bonchev–Trinajstić information content (AvgIpc) is 3.31. The van der Waals surface area contributed by atoms with Gasteiger partial charge in [0.05, 0.1) is 34.8 Å². The number of benzene rings is 2. The minimum Gasteiger partial charge on any atom is -0.494 e. The van der Waals surface area contributed by atoms with E-state index in [2.05, 4.69) is 49.3 Å². The summed E-state index contributed by atoms with van der Waals surface area (Å²) in [5, 5.41) is 26.6. The van der Waals surface area contributed by atoms with Gasteiger partial charge in [-0.3, -0.25) is 9.59 Å². The molecule has 2 fully saturated rings. The molecule has 0 saturated carbocycles. The standard InChI is InChI=1S/C29H33ClFN7O3.CH2O2/c1-6-27(39)34-21-11-22(25(41-5)12-23(21)38-14-16-13-37(4)24(16)15-38)35-28-32-8-7-26(36-28)33-20-10-18(30)19(31)9-17(20)29(2,3)40;2-1-3/h6-12,16,24,40H,1,13-15H2,2-5H3,(H,34,39)(H2,32,33,35,36);1H,(H,2,3)/t16-,24+;/m1./s1. The number of anilines is 6. The fourth-order valence-corrected chi connectivity index (χ4v) is 5.55. The van der Waals surface area contributed by atoms with Gasteiger partial charge in [0.15, 0.2) is 0 Å². The summed E-state index contributed by atoms with van der Waals surface area (Å²) in [5.41, 5.74) is 1.37. The first-order valence-electron chi connectivity index (χ1n) is 13.7. The number of aliphatic hydroxyl groups is 1. The number of rotatable bonds is 9. The van der Waals surface area contributed by atoms with E-state index < -0.39 is 11.4 Å². The number of carboxylic acid groups (broad SMARTS) is 1.